The summed E-state index contributed by atoms with van der Waals surface area (Å²) in [5.41, 5.74) is 2.90. The molecule has 1 unspecified atom stereocenters. The predicted octanol–water partition coefficient (Wildman–Crippen LogP) is 4.31. The van der Waals surface area contributed by atoms with Crippen LogP contribution in [0.25, 0.3) is 0 Å². The van der Waals surface area contributed by atoms with Crippen LogP contribution in [-0.2, 0) is 16.1 Å². The largest absolute Gasteiger partial charge is 0.497 e. The molecule has 1 atom stereocenters. The summed E-state index contributed by atoms with van der Waals surface area (Å²) in [4.78, 5) is 16.6. The first-order valence-electron chi connectivity index (χ1n) is 9.39. The molecule has 0 aromatic heterocycles. The summed E-state index contributed by atoms with van der Waals surface area (Å²) in [7, 11) is 1.64. The van der Waals surface area contributed by atoms with Crippen LogP contribution in [0.1, 0.15) is 37.8 Å². The quantitative estimate of drug-likeness (QED) is 0.354. The second-order valence-corrected chi connectivity index (χ2v) is 6.20. The van der Waals surface area contributed by atoms with Crippen molar-refractivity contribution < 1.29 is 24.2 Å². The van der Waals surface area contributed by atoms with Crippen molar-refractivity contribution in [2.75, 3.05) is 13.7 Å². The fourth-order valence-electron chi connectivity index (χ4n) is 2.60. The first-order valence-corrected chi connectivity index (χ1v) is 9.39. The van der Waals surface area contributed by atoms with Crippen molar-refractivity contribution in [3.63, 3.8) is 0 Å². The second kappa shape index (κ2) is 11.0. The lowest BCUT2D eigenvalue weighted by atomic mass is 10.1. The molecule has 0 fully saturated rings. The Kier molecular flexibility index (Phi) is 8.34. The maximum Gasteiger partial charge on any atom is 0.344 e. The minimum Gasteiger partial charge on any atom is -0.497 e. The van der Waals surface area contributed by atoms with Crippen LogP contribution < -0.4 is 9.47 Å². The van der Waals surface area contributed by atoms with Crippen LogP contribution in [0, 0.1) is 0 Å². The highest BCUT2D eigenvalue weighted by Gasteiger charge is 2.16. The highest BCUT2D eigenvalue weighted by atomic mass is 16.6. The van der Waals surface area contributed by atoms with Crippen molar-refractivity contribution in [3.8, 4) is 11.5 Å². The van der Waals surface area contributed by atoms with Gasteiger partial charge in [-0.3, -0.25) is 0 Å². The molecule has 0 aliphatic carbocycles. The highest BCUT2D eigenvalue weighted by Crippen LogP contribution is 2.17. The molecule has 0 amide bonds. The van der Waals surface area contributed by atoms with Crippen LogP contribution in [0.2, 0.25) is 0 Å². The van der Waals surface area contributed by atoms with Gasteiger partial charge in [-0.25, -0.2) is 4.79 Å². The van der Waals surface area contributed by atoms with Crippen molar-refractivity contribution in [3.05, 3.63) is 59.7 Å². The van der Waals surface area contributed by atoms with Gasteiger partial charge >= 0.3 is 5.97 Å². The fourth-order valence-corrected chi connectivity index (χ4v) is 2.60. The molecule has 2 rings (SSSR count). The second-order valence-electron chi connectivity index (χ2n) is 6.20. The van der Waals surface area contributed by atoms with E-state index in [1.807, 2.05) is 43.3 Å². The van der Waals surface area contributed by atoms with Gasteiger partial charge in [-0.2, -0.15) is 0 Å². The molecule has 28 heavy (non-hydrogen) atoms. The van der Waals surface area contributed by atoms with Gasteiger partial charge in [0.1, 0.15) is 18.1 Å². The first-order chi connectivity index (χ1) is 13.6. The molecule has 6 heteroatoms. The molecule has 0 aliphatic heterocycles. The molecule has 2 aromatic rings. The van der Waals surface area contributed by atoms with Crippen molar-refractivity contribution in [2.24, 2.45) is 5.16 Å². The Morgan fingerprint density at radius 1 is 1.04 bits per heavy atom. The summed E-state index contributed by atoms with van der Waals surface area (Å²) < 4.78 is 10.6. The fraction of sp³-hybridized carbons (Fsp3) is 0.364. The number of benzene rings is 2. The maximum atomic E-state index is 11.1. The van der Waals surface area contributed by atoms with E-state index in [0.29, 0.717) is 18.8 Å². The summed E-state index contributed by atoms with van der Waals surface area (Å²) in [6, 6.07) is 15.1. The third-order valence-corrected chi connectivity index (χ3v) is 4.26. The van der Waals surface area contributed by atoms with Gasteiger partial charge in [-0.05, 0) is 60.4 Å². The topological polar surface area (TPSA) is 77.3 Å². The van der Waals surface area contributed by atoms with E-state index in [0.717, 1.165) is 35.4 Å². The van der Waals surface area contributed by atoms with Gasteiger partial charge < -0.3 is 19.4 Å². The number of rotatable bonds is 11. The lowest BCUT2D eigenvalue weighted by Crippen LogP contribution is -2.25. The van der Waals surface area contributed by atoms with Crippen LogP contribution in [0.4, 0.5) is 0 Å². The van der Waals surface area contributed by atoms with Crippen LogP contribution in [-0.4, -0.2) is 36.6 Å². The summed E-state index contributed by atoms with van der Waals surface area (Å²) in [5, 5.41) is 13.3. The lowest BCUT2D eigenvalue weighted by Gasteiger charge is -2.13. The van der Waals surface area contributed by atoms with Crippen molar-refractivity contribution in [2.45, 2.75) is 39.2 Å². The average Bonchev–Trinajstić information content (AvgIpc) is 2.73. The van der Waals surface area contributed by atoms with Gasteiger partial charge in [-0.1, -0.05) is 31.1 Å². The number of carboxylic acid groups (broad SMARTS) is 1. The molecule has 0 bridgehead atoms. The third-order valence-electron chi connectivity index (χ3n) is 4.26. The molecule has 0 saturated heterocycles. The number of ether oxygens (including phenoxy) is 2. The summed E-state index contributed by atoms with van der Waals surface area (Å²) in [6.07, 6.45) is 1.03. The number of hydrogen-bond acceptors (Lipinski definition) is 5. The molecule has 2 aromatic carbocycles. The molecule has 0 saturated carbocycles. The summed E-state index contributed by atoms with van der Waals surface area (Å²) in [6.45, 7) is 4.26. The van der Waals surface area contributed by atoms with Gasteiger partial charge in [0.05, 0.1) is 12.8 Å². The minimum atomic E-state index is -0.965. The SMILES string of the molecule is CCC(=NOCCc1ccc(OC)cc1)c1ccc(OC(CC)C(=O)O)cc1. The smallest absolute Gasteiger partial charge is 0.344 e. The molecular weight excluding hydrogens is 358 g/mol. The number of hydrogen-bond donors (Lipinski definition) is 1. The van der Waals surface area contributed by atoms with E-state index < -0.39 is 12.1 Å². The molecule has 150 valence electrons. The van der Waals surface area contributed by atoms with E-state index in [2.05, 4.69) is 5.16 Å². The Balaban J connectivity index is 1.91. The number of methoxy groups -OCH3 is 1. The van der Waals surface area contributed by atoms with Gasteiger partial charge in [0.2, 0.25) is 0 Å². The molecular formula is C22H27NO5. The van der Waals surface area contributed by atoms with E-state index >= 15 is 0 Å². The summed E-state index contributed by atoms with van der Waals surface area (Å²) in [5.74, 6) is 0.388. The van der Waals surface area contributed by atoms with E-state index in [1.165, 1.54) is 0 Å². The number of aliphatic carboxylic acids is 1. The highest BCUT2D eigenvalue weighted by molar-refractivity contribution is 6.00. The zero-order valence-corrected chi connectivity index (χ0v) is 16.6. The van der Waals surface area contributed by atoms with Crippen molar-refractivity contribution >= 4 is 11.7 Å². The molecule has 1 N–H and O–H groups in total. The standard InChI is InChI=1S/C22H27NO5/c1-4-20(23-27-15-14-16-6-10-18(26-3)11-7-16)17-8-12-19(13-9-17)28-21(5-2)22(24)25/h6-13,21H,4-5,14-15H2,1-3H3,(H,24,25). The monoisotopic (exact) mass is 385 g/mol. The van der Waals surface area contributed by atoms with Crippen LogP contribution in [0.5, 0.6) is 11.5 Å². The van der Waals surface area contributed by atoms with E-state index in [-0.39, 0.29) is 0 Å². The number of carbonyl (C=O) groups is 1. The molecule has 0 aliphatic rings. The first kappa shape index (κ1) is 21.3. The predicted molar refractivity (Wildman–Crippen MR) is 108 cm³/mol. The molecule has 0 radical (unpaired) electrons. The molecule has 6 nitrogen and oxygen atoms in total. The van der Waals surface area contributed by atoms with E-state index in [9.17, 15) is 4.79 Å². The zero-order valence-electron chi connectivity index (χ0n) is 16.6. The average molecular weight is 385 g/mol. The van der Waals surface area contributed by atoms with Crippen molar-refractivity contribution in [1.82, 2.24) is 0 Å². The molecule has 0 spiro atoms. The van der Waals surface area contributed by atoms with Gasteiger partial charge in [0.25, 0.3) is 0 Å². The number of carboxylic acids is 1. The third kappa shape index (κ3) is 6.30. The lowest BCUT2D eigenvalue weighted by molar-refractivity contribution is -0.145. The Morgan fingerprint density at radius 2 is 1.68 bits per heavy atom. The van der Waals surface area contributed by atoms with Crippen molar-refractivity contribution in [1.29, 1.82) is 0 Å². The van der Waals surface area contributed by atoms with E-state index in [4.69, 9.17) is 19.4 Å². The maximum absolute atomic E-state index is 11.1. The normalized spacial score (nSPS) is 12.3. The summed E-state index contributed by atoms with van der Waals surface area (Å²) >= 11 is 0. The Bertz CT molecular complexity index is 769. The molecule has 0 heterocycles. The zero-order chi connectivity index (χ0) is 20.4. The number of nitrogens with zero attached hydrogens (tertiary/aromatic N) is 1. The van der Waals surface area contributed by atoms with E-state index in [1.54, 1.807) is 26.2 Å². The Hall–Kier alpha value is -3.02. The Labute approximate surface area is 165 Å². The van der Waals surface area contributed by atoms with Crippen LogP contribution in [0.3, 0.4) is 0 Å². The van der Waals surface area contributed by atoms with Gasteiger partial charge in [-0.15, -0.1) is 0 Å². The minimum absolute atomic E-state index is 0.404. The van der Waals surface area contributed by atoms with Crippen LogP contribution in [0.15, 0.2) is 53.7 Å². The Morgan fingerprint density at radius 3 is 2.21 bits per heavy atom. The van der Waals surface area contributed by atoms with Gasteiger partial charge in [0, 0.05) is 6.42 Å². The van der Waals surface area contributed by atoms with Gasteiger partial charge in [0.15, 0.2) is 6.10 Å². The van der Waals surface area contributed by atoms with Crippen LogP contribution >= 0.6 is 0 Å². The number of oxime groups is 1.